The summed E-state index contributed by atoms with van der Waals surface area (Å²) in [7, 11) is 1.65. The average Bonchev–Trinajstić information content (AvgIpc) is 3.09. The summed E-state index contributed by atoms with van der Waals surface area (Å²) < 4.78 is 10.3. The summed E-state index contributed by atoms with van der Waals surface area (Å²) in [6.07, 6.45) is 0.874. The first-order chi connectivity index (χ1) is 7.77. The Hall–Kier alpha value is -1.51. The van der Waals surface area contributed by atoms with E-state index < -0.39 is 0 Å². The van der Waals surface area contributed by atoms with Crippen molar-refractivity contribution in [2.45, 2.75) is 19.3 Å². The summed E-state index contributed by atoms with van der Waals surface area (Å²) in [6.45, 7) is 2.28. The molecule has 1 aromatic carbocycles. The van der Waals surface area contributed by atoms with Crippen LogP contribution < -0.4 is 4.74 Å². The van der Waals surface area contributed by atoms with Gasteiger partial charge in [0.05, 0.1) is 19.6 Å². The van der Waals surface area contributed by atoms with Gasteiger partial charge in [-0.05, 0) is 25.0 Å². The van der Waals surface area contributed by atoms with E-state index in [1.807, 2.05) is 31.2 Å². The molecule has 0 heterocycles. The third-order valence-corrected chi connectivity index (χ3v) is 2.92. The van der Waals surface area contributed by atoms with Gasteiger partial charge in [0, 0.05) is 5.92 Å². The molecule has 0 saturated heterocycles. The fourth-order valence-electron chi connectivity index (χ4n) is 2.02. The number of benzene rings is 1. The second kappa shape index (κ2) is 4.56. The molecule has 0 amide bonds. The van der Waals surface area contributed by atoms with Gasteiger partial charge in [0.2, 0.25) is 0 Å². The van der Waals surface area contributed by atoms with Crippen LogP contribution in [0.25, 0.3) is 0 Å². The molecule has 1 aromatic rings. The maximum Gasteiger partial charge on any atom is 0.309 e. The highest BCUT2D eigenvalue weighted by Gasteiger charge is 2.46. The molecule has 1 aliphatic rings. The van der Waals surface area contributed by atoms with Crippen molar-refractivity contribution in [3.05, 3.63) is 29.8 Å². The summed E-state index contributed by atoms with van der Waals surface area (Å²) in [6, 6.07) is 7.85. The minimum absolute atomic E-state index is 0.0243. The molecule has 1 aliphatic carbocycles. The number of carbonyl (C=O) groups excluding carboxylic acids is 1. The molecule has 0 aromatic heterocycles. The molecule has 1 fully saturated rings. The first kappa shape index (κ1) is 11.0. The highest BCUT2D eigenvalue weighted by molar-refractivity contribution is 5.77. The van der Waals surface area contributed by atoms with Crippen molar-refractivity contribution in [2.24, 2.45) is 5.92 Å². The fraction of sp³-hybridized carbons (Fsp3) is 0.462. The molecule has 0 unspecified atom stereocenters. The molecule has 0 spiro atoms. The summed E-state index contributed by atoms with van der Waals surface area (Å²) in [5.74, 6) is 1.07. The van der Waals surface area contributed by atoms with E-state index in [2.05, 4.69) is 0 Å². The number of ether oxygens (including phenoxy) is 2. The van der Waals surface area contributed by atoms with Crippen LogP contribution in [0, 0.1) is 5.92 Å². The number of esters is 1. The molecule has 86 valence electrons. The molecule has 3 nitrogen and oxygen atoms in total. The maximum atomic E-state index is 11.5. The van der Waals surface area contributed by atoms with Gasteiger partial charge < -0.3 is 9.47 Å². The van der Waals surface area contributed by atoms with Crippen LogP contribution in [0.15, 0.2) is 24.3 Å². The summed E-state index contributed by atoms with van der Waals surface area (Å²) in [4.78, 5) is 11.5. The molecule has 3 heteroatoms. The van der Waals surface area contributed by atoms with Crippen LogP contribution in [0.1, 0.15) is 24.8 Å². The zero-order valence-electron chi connectivity index (χ0n) is 9.60. The van der Waals surface area contributed by atoms with E-state index in [9.17, 15) is 4.79 Å². The van der Waals surface area contributed by atoms with E-state index in [-0.39, 0.29) is 17.8 Å². The fourth-order valence-corrected chi connectivity index (χ4v) is 2.02. The zero-order valence-corrected chi connectivity index (χ0v) is 9.60. The second-order valence-electron chi connectivity index (χ2n) is 3.94. The third kappa shape index (κ3) is 2.03. The van der Waals surface area contributed by atoms with Gasteiger partial charge in [-0.25, -0.2) is 0 Å². The Balaban J connectivity index is 2.08. The monoisotopic (exact) mass is 220 g/mol. The van der Waals surface area contributed by atoms with Gasteiger partial charge in [0.15, 0.2) is 0 Å². The van der Waals surface area contributed by atoms with Crippen LogP contribution in [0.4, 0.5) is 0 Å². The van der Waals surface area contributed by atoms with Gasteiger partial charge in [0.1, 0.15) is 5.75 Å². The molecule has 2 atom stereocenters. The summed E-state index contributed by atoms with van der Waals surface area (Å²) in [5, 5.41) is 0. The molecule has 1 saturated carbocycles. The Morgan fingerprint density at radius 3 is 2.88 bits per heavy atom. The Kier molecular flexibility index (Phi) is 3.13. The molecule has 2 rings (SSSR count). The minimum atomic E-state index is -0.0848. The molecular formula is C13H16O3. The predicted molar refractivity (Wildman–Crippen MR) is 60.5 cm³/mol. The van der Waals surface area contributed by atoms with Crippen molar-refractivity contribution in [2.75, 3.05) is 13.7 Å². The quantitative estimate of drug-likeness (QED) is 0.731. The molecule has 16 heavy (non-hydrogen) atoms. The van der Waals surface area contributed by atoms with Gasteiger partial charge >= 0.3 is 5.97 Å². The van der Waals surface area contributed by atoms with Crippen molar-refractivity contribution >= 4 is 5.97 Å². The number of para-hydroxylation sites is 1. The van der Waals surface area contributed by atoms with Gasteiger partial charge in [0.25, 0.3) is 0 Å². The predicted octanol–water partition coefficient (Wildman–Crippen LogP) is 2.36. The van der Waals surface area contributed by atoms with E-state index in [0.717, 1.165) is 17.7 Å². The molecule has 0 radical (unpaired) electrons. The summed E-state index contributed by atoms with van der Waals surface area (Å²) in [5.41, 5.74) is 1.11. The van der Waals surface area contributed by atoms with Crippen LogP contribution in [-0.2, 0) is 9.53 Å². The van der Waals surface area contributed by atoms with Crippen molar-refractivity contribution in [1.82, 2.24) is 0 Å². The van der Waals surface area contributed by atoms with E-state index in [1.54, 1.807) is 7.11 Å². The Labute approximate surface area is 95.4 Å². The number of carbonyl (C=O) groups is 1. The van der Waals surface area contributed by atoms with Gasteiger partial charge in [-0.15, -0.1) is 0 Å². The summed E-state index contributed by atoms with van der Waals surface area (Å²) >= 11 is 0. The van der Waals surface area contributed by atoms with Crippen molar-refractivity contribution in [1.29, 1.82) is 0 Å². The maximum absolute atomic E-state index is 11.5. The Morgan fingerprint density at radius 1 is 1.44 bits per heavy atom. The third-order valence-electron chi connectivity index (χ3n) is 2.92. The smallest absolute Gasteiger partial charge is 0.309 e. The highest BCUT2D eigenvalue weighted by Crippen LogP contribution is 2.50. The van der Waals surface area contributed by atoms with Gasteiger partial charge in [-0.2, -0.15) is 0 Å². The van der Waals surface area contributed by atoms with Gasteiger partial charge in [-0.1, -0.05) is 18.2 Å². The van der Waals surface area contributed by atoms with Crippen LogP contribution in [-0.4, -0.2) is 19.7 Å². The second-order valence-corrected chi connectivity index (χ2v) is 3.94. The van der Waals surface area contributed by atoms with Crippen LogP contribution in [0.2, 0.25) is 0 Å². The van der Waals surface area contributed by atoms with Crippen LogP contribution in [0.3, 0.4) is 0 Å². The zero-order chi connectivity index (χ0) is 11.5. The number of hydrogen-bond donors (Lipinski definition) is 0. The van der Waals surface area contributed by atoms with E-state index in [0.29, 0.717) is 6.61 Å². The highest BCUT2D eigenvalue weighted by atomic mass is 16.5. The molecular weight excluding hydrogens is 204 g/mol. The Bertz CT molecular complexity index is 387. The molecule has 0 N–H and O–H groups in total. The van der Waals surface area contributed by atoms with E-state index >= 15 is 0 Å². The lowest BCUT2D eigenvalue weighted by Gasteiger charge is -2.07. The molecule has 0 bridgehead atoms. The van der Waals surface area contributed by atoms with Crippen LogP contribution >= 0.6 is 0 Å². The lowest BCUT2D eigenvalue weighted by Crippen LogP contribution is -2.07. The standard InChI is InChI=1S/C13H16O3/c1-3-16-13(14)11-8-10(11)9-6-4-5-7-12(9)15-2/h4-7,10-11H,3,8H2,1-2H3/t10-,11+/m0/s1. The Morgan fingerprint density at radius 2 is 2.19 bits per heavy atom. The SMILES string of the molecule is CCOC(=O)[C@@H]1C[C@H]1c1ccccc1OC. The topological polar surface area (TPSA) is 35.5 Å². The van der Waals surface area contributed by atoms with E-state index in [4.69, 9.17) is 9.47 Å². The largest absolute Gasteiger partial charge is 0.496 e. The number of methoxy groups -OCH3 is 1. The first-order valence-corrected chi connectivity index (χ1v) is 5.57. The minimum Gasteiger partial charge on any atom is -0.496 e. The van der Waals surface area contributed by atoms with E-state index in [1.165, 1.54) is 0 Å². The number of rotatable bonds is 4. The first-order valence-electron chi connectivity index (χ1n) is 5.57. The lowest BCUT2D eigenvalue weighted by atomic mass is 10.1. The van der Waals surface area contributed by atoms with Crippen molar-refractivity contribution < 1.29 is 14.3 Å². The van der Waals surface area contributed by atoms with Crippen molar-refractivity contribution in [3.8, 4) is 5.75 Å². The lowest BCUT2D eigenvalue weighted by molar-refractivity contribution is -0.144. The van der Waals surface area contributed by atoms with Gasteiger partial charge in [-0.3, -0.25) is 4.79 Å². The van der Waals surface area contributed by atoms with Crippen LogP contribution in [0.5, 0.6) is 5.75 Å². The normalized spacial score (nSPS) is 22.6. The molecule has 0 aliphatic heterocycles. The number of hydrogen-bond acceptors (Lipinski definition) is 3. The average molecular weight is 220 g/mol. The van der Waals surface area contributed by atoms with Crippen molar-refractivity contribution in [3.63, 3.8) is 0 Å².